The molecule has 0 saturated heterocycles. The Hall–Kier alpha value is -1.52. The van der Waals surface area contributed by atoms with Gasteiger partial charge in [-0.25, -0.2) is 0 Å². The fraction of sp³-hybridized carbons (Fsp3) is 0.500. The Morgan fingerprint density at radius 1 is 1.25 bits per heavy atom. The van der Waals surface area contributed by atoms with Crippen molar-refractivity contribution >= 4 is 0 Å². The van der Waals surface area contributed by atoms with Crippen molar-refractivity contribution < 1.29 is 14.2 Å². The summed E-state index contributed by atoms with van der Waals surface area (Å²) in [5.41, 5.74) is 1.13. The first-order chi connectivity index (χ1) is 9.92. The van der Waals surface area contributed by atoms with Crippen LogP contribution in [0.3, 0.4) is 0 Å². The minimum atomic E-state index is 0.709. The molecule has 0 bridgehead atoms. The van der Waals surface area contributed by atoms with E-state index in [9.17, 15) is 0 Å². The van der Waals surface area contributed by atoms with E-state index in [-0.39, 0.29) is 0 Å². The standard InChI is InChI=1S/C16H23NO3/c1-2-3-9-18-12-8-17-13-14-6-4-7-15-16(14)20-11-5-10-19-15/h2,4,6-7,17H,1,3,5,8-13H2. The zero-order chi connectivity index (χ0) is 14.0. The van der Waals surface area contributed by atoms with Gasteiger partial charge in [0.15, 0.2) is 11.5 Å². The summed E-state index contributed by atoms with van der Waals surface area (Å²) in [5.74, 6) is 1.73. The molecule has 20 heavy (non-hydrogen) atoms. The van der Waals surface area contributed by atoms with Crippen LogP contribution >= 0.6 is 0 Å². The lowest BCUT2D eigenvalue weighted by Crippen LogP contribution is -2.20. The highest BCUT2D eigenvalue weighted by atomic mass is 16.5. The van der Waals surface area contributed by atoms with Gasteiger partial charge in [-0.1, -0.05) is 18.2 Å². The highest BCUT2D eigenvalue weighted by Crippen LogP contribution is 2.32. The number of para-hydroxylation sites is 1. The van der Waals surface area contributed by atoms with Crippen molar-refractivity contribution in [2.45, 2.75) is 19.4 Å². The van der Waals surface area contributed by atoms with E-state index in [4.69, 9.17) is 14.2 Å². The average molecular weight is 277 g/mol. The number of hydrogen-bond acceptors (Lipinski definition) is 4. The smallest absolute Gasteiger partial charge is 0.165 e. The Kier molecular flexibility index (Phi) is 6.41. The Balaban J connectivity index is 1.77. The molecular weight excluding hydrogens is 254 g/mol. The molecule has 1 aliphatic rings. The molecule has 0 saturated carbocycles. The van der Waals surface area contributed by atoms with E-state index in [0.717, 1.165) is 56.2 Å². The summed E-state index contributed by atoms with van der Waals surface area (Å²) in [5, 5.41) is 3.36. The quantitative estimate of drug-likeness (QED) is 0.585. The predicted molar refractivity (Wildman–Crippen MR) is 79.4 cm³/mol. The number of fused-ring (bicyclic) bond motifs is 1. The summed E-state index contributed by atoms with van der Waals surface area (Å²) in [4.78, 5) is 0. The van der Waals surface area contributed by atoms with E-state index >= 15 is 0 Å². The molecule has 0 aliphatic carbocycles. The molecule has 1 aromatic carbocycles. The lowest BCUT2D eigenvalue weighted by molar-refractivity contribution is 0.140. The molecule has 0 unspecified atom stereocenters. The fourth-order valence-electron chi connectivity index (χ4n) is 2.03. The van der Waals surface area contributed by atoms with Crippen LogP contribution in [-0.2, 0) is 11.3 Å². The number of rotatable bonds is 8. The molecule has 0 radical (unpaired) electrons. The van der Waals surface area contributed by atoms with Crippen LogP contribution in [0.1, 0.15) is 18.4 Å². The average Bonchev–Trinajstić information content (AvgIpc) is 2.72. The molecule has 4 nitrogen and oxygen atoms in total. The molecule has 0 aromatic heterocycles. The van der Waals surface area contributed by atoms with E-state index in [1.807, 2.05) is 18.2 Å². The molecular formula is C16H23NO3. The van der Waals surface area contributed by atoms with Gasteiger partial charge in [0.2, 0.25) is 0 Å². The lowest BCUT2D eigenvalue weighted by atomic mass is 10.2. The van der Waals surface area contributed by atoms with Crippen molar-refractivity contribution in [3.8, 4) is 11.5 Å². The van der Waals surface area contributed by atoms with Crippen molar-refractivity contribution in [3.05, 3.63) is 36.4 Å². The minimum Gasteiger partial charge on any atom is -0.490 e. The van der Waals surface area contributed by atoms with Crippen LogP contribution in [0.15, 0.2) is 30.9 Å². The van der Waals surface area contributed by atoms with Gasteiger partial charge in [-0.3, -0.25) is 0 Å². The second-order valence-electron chi connectivity index (χ2n) is 4.66. The summed E-state index contributed by atoms with van der Waals surface area (Å²) < 4.78 is 16.9. The summed E-state index contributed by atoms with van der Waals surface area (Å²) in [6.45, 7) is 8.13. The first-order valence-corrected chi connectivity index (χ1v) is 7.18. The summed E-state index contributed by atoms with van der Waals surface area (Å²) in [6.07, 6.45) is 3.69. The highest BCUT2D eigenvalue weighted by Gasteiger charge is 2.13. The Bertz CT molecular complexity index is 420. The van der Waals surface area contributed by atoms with Crippen LogP contribution in [0.4, 0.5) is 0 Å². The molecule has 1 aromatic rings. The van der Waals surface area contributed by atoms with Gasteiger partial charge in [0.05, 0.1) is 26.4 Å². The van der Waals surface area contributed by atoms with Crippen molar-refractivity contribution in [1.82, 2.24) is 5.32 Å². The van der Waals surface area contributed by atoms with Gasteiger partial charge in [-0.2, -0.15) is 0 Å². The van der Waals surface area contributed by atoms with Crippen molar-refractivity contribution in [3.63, 3.8) is 0 Å². The fourth-order valence-corrected chi connectivity index (χ4v) is 2.03. The van der Waals surface area contributed by atoms with Crippen LogP contribution in [0, 0.1) is 0 Å². The maximum Gasteiger partial charge on any atom is 0.165 e. The highest BCUT2D eigenvalue weighted by molar-refractivity contribution is 5.46. The largest absolute Gasteiger partial charge is 0.490 e. The molecule has 0 atom stereocenters. The van der Waals surface area contributed by atoms with Crippen LogP contribution in [0.25, 0.3) is 0 Å². The van der Waals surface area contributed by atoms with E-state index in [2.05, 4.69) is 18.0 Å². The Labute approximate surface area is 120 Å². The van der Waals surface area contributed by atoms with Crippen molar-refractivity contribution in [1.29, 1.82) is 0 Å². The first kappa shape index (κ1) is 14.9. The monoisotopic (exact) mass is 277 g/mol. The molecule has 0 spiro atoms. The van der Waals surface area contributed by atoms with E-state index in [1.54, 1.807) is 0 Å². The summed E-state index contributed by atoms with van der Waals surface area (Å²) in [6, 6.07) is 6.03. The molecule has 1 aliphatic heterocycles. The third kappa shape index (κ3) is 4.54. The van der Waals surface area contributed by atoms with Gasteiger partial charge >= 0.3 is 0 Å². The number of ether oxygens (including phenoxy) is 3. The van der Waals surface area contributed by atoms with E-state index < -0.39 is 0 Å². The Morgan fingerprint density at radius 3 is 3.05 bits per heavy atom. The SMILES string of the molecule is C=CCCOCCNCc1cccc2c1OCCCO2. The molecule has 1 N–H and O–H groups in total. The van der Waals surface area contributed by atoms with E-state index in [0.29, 0.717) is 13.2 Å². The second kappa shape index (κ2) is 8.61. The van der Waals surface area contributed by atoms with Crippen LogP contribution < -0.4 is 14.8 Å². The minimum absolute atomic E-state index is 0.709. The molecule has 0 amide bonds. The van der Waals surface area contributed by atoms with Gasteiger partial charge in [0, 0.05) is 25.1 Å². The van der Waals surface area contributed by atoms with Crippen LogP contribution in [0.2, 0.25) is 0 Å². The number of nitrogens with one attached hydrogen (secondary N) is 1. The zero-order valence-corrected chi connectivity index (χ0v) is 11.9. The molecule has 110 valence electrons. The van der Waals surface area contributed by atoms with Gasteiger partial charge < -0.3 is 19.5 Å². The number of hydrogen-bond donors (Lipinski definition) is 1. The third-order valence-electron chi connectivity index (χ3n) is 3.06. The second-order valence-corrected chi connectivity index (χ2v) is 4.66. The zero-order valence-electron chi connectivity index (χ0n) is 11.9. The van der Waals surface area contributed by atoms with E-state index in [1.165, 1.54) is 0 Å². The molecule has 2 rings (SSSR count). The lowest BCUT2D eigenvalue weighted by Gasteiger charge is -2.13. The summed E-state index contributed by atoms with van der Waals surface area (Å²) >= 11 is 0. The number of benzene rings is 1. The third-order valence-corrected chi connectivity index (χ3v) is 3.06. The first-order valence-electron chi connectivity index (χ1n) is 7.18. The maximum atomic E-state index is 5.78. The summed E-state index contributed by atoms with van der Waals surface area (Å²) in [7, 11) is 0. The van der Waals surface area contributed by atoms with Gasteiger partial charge in [0.1, 0.15) is 0 Å². The molecule has 1 heterocycles. The van der Waals surface area contributed by atoms with Crippen LogP contribution in [-0.4, -0.2) is 33.0 Å². The maximum absolute atomic E-state index is 5.78. The molecule has 4 heteroatoms. The van der Waals surface area contributed by atoms with Gasteiger partial charge in [0.25, 0.3) is 0 Å². The van der Waals surface area contributed by atoms with Crippen molar-refractivity contribution in [2.24, 2.45) is 0 Å². The molecule has 0 fully saturated rings. The Morgan fingerprint density at radius 2 is 2.15 bits per heavy atom. The topological polar surface area (TPSA) is 39.7 Å². The van der Waals surface area contributed by atoms with Crippen molar-refractivity contribution in [2.75, 3.05) is 33.0 Å². The van der Waals surface area contributed by atoms with Gasteiger partial charge in [-0.05, 0) is 12.5 Å². The van der Waals surface area contributed by atoms with Crippen LogP contribution in [0.5, 0.6) is 11.5 Å². The normalized spacial score (nSPS) is 13.8. The predicted octanol–water partition coefficient (Wildman–Crippen LogP) is 2.53. The van der Waals surface area contributed by atoms with Gasteiger partial charge in [-0.15, -0.1) is 6.58 Å².